The maximum atomic E-state index is 6.33. The van der Waals surface area contributed by atoms with Gasteiger partial charge >= 0.3 is 0 Å². The van der Waals surface area contributed by atoms with Crippen molar-refractivity contribution < 1.29 is 4.42 Å². The monoisotopic (exact) mass is 927 g/mol. The zero-order valence-corrected chi connectivity index (χ0v) is 39.8. The van der Waals surface area contributed by atoms with Crippen molar-refractivity contribution >= 4 is 49.8 Å². The number of para-hydroxylation sites is 1. The van der Waals surface area contributed by atoms with Crippen molar-refractivity contribution in [2.75, 3.05) is 4.90 Å². The van der Waals surface area contributed by atoms with Gasteiger partial charge in [-0.3, -0.25) is 0 Å². The molecule has 0 atom stereocenters. The lowest BCUT2D eigenvalue weighted by Crippen LogP contribution is -2.26. The van der Waals surface area contributed by atoms with Crippen LogP contribution in [0.25, 0.3) is 99.5 Å². The number of nitrogens with zero attached hydrogens (tertiary/aromatic N) is 1. The maximum Gasteiger partial charge on any atom is 0.136 e. The second kappa shape index (κ2) is 16.3. The number of anilines is 3. The predicted octanol–water partition coefficient (Wildman–Crippen LogP) is 19.2. The summed E-state index contributed by atoms with van der Waals surface area (Å²) in [7, 11) is 0. The Kier molecular flexibility index (Phi) is 9.21. The molecule has 2 aliphatic rings. The summed E-state index contributed by atoms with van der Waals surface area (Å²) in [5, 5.41) is 4.78. The third-order valence-corrected chi connectivity index (χ3v) is 15.7. The first-order chi connectivity index (χ1) is 36.2. The molecule has 13 aromatic rings. The van der Waals surface area contributed by atoms with Gasteiger partial charge in [0.1, 0.15) is 11.2 Å². The first-order valence-electron chi connectivity index (χ1n) is 25.2. The van der Waals surface area contributed by atoms with Gasteiger partial charge in [0, 0.05) is 27.8 Å². The van der Waals surface area contributed by atoms with Gasteiger partial charge in [0.15, 0.2) is 0 Å². The summed E-state index contributed by atoms with van der Waals surface area (Å²) in [5.41, 5.74) is 24.4. The highest BCUT2D eigenvalue weighted by Gasteiger charge is 2.52. The molecule has 0 N–H and O–H groups in total. The van der Waals surface area contributed by atoms with E-state index in [1.807, 2.05) is 6.07 Å². The molecule has 0 amide bonds. The lowest BCUT2D eigenvalue weighted by Gasteiger charge is -2.32. The number of rotatable bonds is 7. The Labute approximate surface area is 424 Å². The smallest absolute Gasteiger partial charge is 0.136 e. The zero-order chi connectivity index (χ0) is 48.0. The molecule has 0 saturated heterocycles. The molecule has 2 heteroatoms. The van der Waals surface area contributed by atoms with Crippen LogP contribution in [0.5, 0.6) is 0 Å². The summed E-state index contributed by atoms with van der Waals surface area (Å²) in [6.45, 7) is 0. The SMILES string of the molecule is c1ccc(-c2ccc(N(c3ccc(-c4cccc5oc6ccccc6c45)cc3)c3ccc4c(c3)C3(c5ccccc5-c5ccccc53)c3cc(-c5cccc(-c6cccc7ccccc67)c5)ccc3-4)cc2)cc1. The predicted molar refractivity (Wildman–Crippen MR) is 304 cm³/mol. The molecule has 0 saturated carbocycles. The molecule has 1 heterocycles. The van der Waals surface area contributed by atoms with Crippen LogP contribution in [-0.2, 0) is 5.41 Å². The molecular formula is C71H45NO. The van der Waals surface area contributed by atoms with E-state index in [1.54, 1.807) is 0 Å². The minimum Gasteiger partial charge on any atom is -0.456 e. The van der Waals surface area contributed by atoms with Gasteiger partial charge in [0.05, 0.1) is 5.41 Å². The van der Waals surface area contributed by atoms with Gasteiger partial charge in [0.2, 0.25) is 0 Å². The molecule has 2 aliphatic carbocycles. The van der Waals surface area contributed by atoms with Crippen molar-refractivity contribution in [1.82, 2.24) is 0 Å². The fourth-order valence-corrected chi connectivity index (χ4v) is 12.5. The number of furan rings is 1. The quantitative estimate of drug-likeness (QED) is 0.158. The Morgan fingerprint density at radius 3 is 1.52 bits per heavy atom. The summed E-state index contributed by atoms with van der Waals surface area (Å²) in [4.78, 5) is 2.43. The molecule has 0 radical (unpaired) electrons. The van der Waals surface area contributed by atoms with Gasteiger partial charge in [-0.1, -0.05) is 212 Å². The molecule has 0 bridgehead atoms. The largest absolute Gasteiger partial charge is 0.456 e. The van der Waals surface area contributed by atoms with Crippen molar-refractivity contribution in [3.63, 3.8) is 0 Å². The van der Waals surface area contributed by atoms with Crippen molar-refractivity contribution in [2.24, 2.45) is 0 Å². The third-order valence-electron chi connectivity index (χ3n) is 15.7. The van der Waals surface area contributed by atoms with Gasteiger partial charge in [0.25, 0.3) is 0 Å². The lowest BCUT2D eigenvalue weighted by atomic mass is 9.70. The minimum atomic E-state index is -0.560. The van der Waals surface area contributed by atoms with Gasteiger partial charge in [-0.15, -0.1) is 0 Å². The van der Waals surface area contributed by atoms with E-state index in [2.05, 4.69) is 272 Å². The molecule has 340 valence electrons. The van der Waals surface area contributed by atoms with Crippen molar-refractivity contribution in [2.45, 2.75) is 5.41 Å². The van der Waals surface area contributed by atoms with E-state index in [4.69, 9.17) is 4.42 Å². The summed E-state index contributed by atoms with van der Waals surface area (Å²) < 4.78 is 6.33. The van der Waals surface area contributed by atoms with E-state index in [-0.39, 0.29) is 0 Å². The van der Waals surface area contributed by atoms with E-state index in [0.29, 0.717) is 0 Å². The fourth-order valence-electron chi connectivity index (χ4n) is 12.5. The van der Waals surface area contributed by atoms with Crippen LogP contribution < -0.4 is 4.90 Å². The van der Waals surface area contributed by atoms with E-state index >= 15 is 0 Å². The average molecular weight is 928 g/mol. The number of benzene rings is 12. The lowest BCUT2D eigenvalue weighted by molar-refractivity contribution is 0.669. The molecule has 73 heavy (non-hydrogen) atoms. The number of hydrogen-bond donors (Lipinski definition) is 0. The molecule has 0 unspecified atom stereocenters. The van der Waals surface area contributed by atoms with Gasteiger partial charge in [-0.25, -0.2) is 0 Å². The first kappa shape index (κ1) is 41.3. The Hall–Kier alpha value is -9.50. The summed E-state index contributed by atoms with van der Waals surface area (Å²) >= 11 is 0. The van der Waals surface area contributed by atoms with Crippen LogP contribution >= 0.6 is 0 Å². The third kappa shape index (κ3) is 6.30. The van der Waals surface area contributed by atoms with Gasteiger partial charge < -0.3 is 9.32 Å². The van der Waals surface area contributed by atoms with E-state index in [0.717, 1.165) is 50.1 Å². The van der Waals surface area contributed by atoms with Crippen LogP contribution in [0.15, 0.2) is 277 Å². The Balaban J connectivity index is 0.912. The van der Waals surface area contributed by atoms with Crippen LogP contribution in [-0.4, -0.2) is 0 Å². The van der Waals surface area contributed by atoms with Gasteiger partial charge in [-0.05, 0) is 160 Å². The highest BCUT2D eigenvalue weighted by Crippen LogP contribution is 2.64. The fraction of sp³-hybridized carbons (Fsp3) is 0.0141. The molecule has 1 aromatic heterocycles. The topological polar surface area (TPSA) is 16.4 Å². The van der Waals surface area contributed by atoms with E-state index in [9.17, 15) is 0 Å². The molecule has 0 aliphatic heterocycles. The minimum absolute atomic E-state index is 0.560. The number of fused-ring (bicyclic) bond motifs is 14. The van der Waals surface area contributed by atoms with E-state index in [1.165, 1.54) is 88.7 Å². The Morgan fingerprint density at radius 1 is 0.260 bits per heavy atom. The second-order valence-corrected chi connectivity index (χ2v) is 19.5. The standard InChI is InChI=1S/C71H45NO/c1-2-15-46(16-3-1)47-31-36-53(37-32-47)72(54-38-33-49(34-39-54)58-26-14-30-69-70(58)63-24-8-11-29-68(63)73-69)55-40-42-62-61-41-35-51(50-19-12-20-52(43-50)57-25-13-18-48-17-4-5-21-56(48)57)44-66(61)71(67(62)45-55)64-27-9-6-22-59(64)60-23-7-10-28-65(60)71/h1-45H. The molecule has 15 rings (SSSR count). The van der Waals surface area contributed by atoms with Crippen LogP contribution in [0.1, 0.15) is 22.3 Å². The van der Waals surface area contributed by atoms with Gasteiger partial charge in [-0.2, -0.15) is 0 Å². The molecule has 1 spiro atoms. The van der Waals surface area contributed by atoms with Crippen molar-refractivity contribution in [3.05, 3.63) is 295 Å². The Morgan fingerprint density at radius 2 is 0.740 bits per heavy atom. The first-order valence-corrected chi connectivity index (χ1v) is 25.2. The zero-order valence-electron chi connectivity index (χ0n) is 39.8. The Bertz CT molecular complexity index is 4260. The summed E-state index contributed by atoms with van der Waals surface area (Å²) in [5.74, 6) is 0. The van der Waals surface area contributed by atoms with E-state index < -0.39 is 5.41 Å². The second-order valence-electron chi connectivity index (χ2n) is 19.5. The summed E-state index contributed by atoms with van der Waals surface area (Å²) in [6.07, 6.45) is 0. The molecular weight excluding hydrogens is 883 g/mol. The van der Waals surface area contributed by atoms with Crippen molar-refractivity contribution in [3.8, 4) is 66.8 Å². The van der Waals surface area contributed by atoms with Crippen LogP contribution in [0.2, 0.25) is 0 Å². The normalized spacial score (nSPS) is 12.8. The highest BCUT2D eigenvalue weighted by molar-refractivity contribution is 6.12. The number of hydrogen-bond acceptors (Lipinski definition) is 2. The molecule has 2 nitrogen and oxygen atoms in total. The molecule has 12 aromatic carbocycles. The summed E-state index contributed by atoms with van der Waals surface area (Å²) in [6, 6.07) is 101. The van der Waals surface area contributed by atoms with Crippen LogP contribution in [0, 0.1) is 0 Å². The average Bonchev–Trinajstić information content (AvgIpc) is 4.11. The molecule has 0 fully saturated rings. The maximum absolute atomic E-state index is 6.33. The highest BCUT2D eigenvalue weighted by atomic mass is 16.3. The van der Waals surface area contributed by atoms with Crippen LogP contribution in [0.3, 0.4) is 0 Å². The van der Waals surface area contributed by atoms with Crippen LogP contribution in [0.4, 0.5) is 17.1 Å². The van der Waals surface area contributed by atoms with Crippen molar-refractivity contribution in [1.29, 1.82) is 0 Å².